The van der Waals surface area contributed by atoms with E-state index in [4.69, 9.17) is 9.47 Å². The fourth-order valence-electron chi connectivity index (χ4n) is 1.91. The second kappa shape index (κ2) is 7.42. The smallest absolute Gasteiger partial charge is 0.162 e. The van der Waals surface area contributed by atoms with Gasteiger partial charge in [0.15, 0.2) is 11.5 Å². The van der Waals surface area contributed by atoms with E-state index in [9.17, 15) is 10.2 Å². The van der Waals surface area contributed by atoms with Crippen LogP contribution in [0.1, 0.15) is 12.5 Å². The Bertz CT molecular complexity index is 671. The zero-order valence-electron chi connectivity index (χ0n) is 12.5. The summed E-state index contributed by atoms with van der Waals surface area (Å²) < 4.78 is 10.5. The highest BCUT2D eigenvalue weighted by atomic mass is 16.5. The monoisotopic (exact) mass is 302 g/mol. The normalized spacial score (nSPS) is 10.9. The van der Waals surface area contributed by atoms with Gasteiger partial charge in [0.1, 0.15) is 11.4 Å². The van der Waals surface area contributed by atoms with E-state index in [-0.39, 0.29) is 18.1 Å². The summed E-state index contributed by atoms with van der Waals surface area (Å²) in [5.41, 5.74) is 1.46. The molecule has 2 N–H and O–H groups in total. The van der Waals surface area contributed by atoms with Gasteiger partial charge in [-0.15, -0.1) is 10.2 Å². The lowest BCUT2D eigenvalue weighted by atomic mass is 10.1. The van der Waals surface area contributed by atoms with E-state index in [1.54, 1.807) is 6.07 Å². The van der Waals surface area contributed by atoms with Crippen LogP contribution in [0.4, 0.5) is 11.4 Å². The van der Waals surface area contributed by atoms with Crippen LogP contribution >= 0.6 is 0 Å². The number of aromatic hydroxyl groups is 1. The van der Waals surface area contributed by atoms with E-state index in [1.807, 2.05) is 25.1 Å². The molecule has 0 fully saturated rings. The number of para-hydroxylation sites is 1. The van der Waals surface area contributed by atoms with Crippen LogP contribution in [0, 0.1) is 0 Å². The number of phenols is 1. The Balaban J connectivity index is 2.37. The van der Waals surface area contributed by atoms with Crippen LogP contribution in [0.25, 0.3) is 0 Å². The minimum Gasteiger partial charge on any atom is -0.504 e. The van der Waals surface area contributed by atoms with Gasteiger partial charge in [0.05, 0.1) is 26.0 Å². The first-order valence-electron chi connectivity index (χ1n) is 6.83. The standard InChI is InChI=1S/C16H18N2O4/c1-3-22-15-7-5-4-6-12(15)17-18-13-9-16(21-2)14(20)8-11(13)10-19/h4-9,19-20H,3,10H2,1-2H3. The molecule has 6 nitrogen and oxygen atoms in total. The number of rotatable bonds is 6. The molecule has 0 bridgehead atoms. The summed E-state index contributed by atoms with van der Waals surface area (Å²) in [7, 11) is 1.44. The molecule has 22 heavy (non-hydrogen) atoms. The molecule has 0 aliphatic heterocycles. The molecular weight excluding hydrogens is 284 g/mol. The van der Waals surface area contributed by atoms with Crippen LogP contribution in [0.15, 0.2) is 46.6 Å². The molecule has 2 aromatic carbocycles. The molecule has 0 aliphatic rings. The van der Waals surface area contributed by atoms with Crippen molar-refractivity contribution in [1.29, 1.82) is 0 Å². The quantitative estimate of drug-likeness (QED) is 0.797. The van der Waals surface area contributed by atoms with Crippen molar-refractivity contribution in [3.8, 4) is 17.2 Å². The highest BCUT2D eigenvalue weighted by Crippen LogP contribution is 2.36. The largest absolute Gasteiger partial charge is 0.504 e. The van der Waals surface area contributed by atoms with Crippen LogP contribution in [0.5, 0.6) is 17.2 Å². The maximum atomic E-state index is 9.72. The average molecular weight is 302 g/mol. The third-order valence-corrected chi connectivity index (χ3v) is 2.98. The Morgan fingerprint density at radius 1 is 1.05 bits per heavy atom. The Morgan fingerprint density at radius 3 is 2.45 bits per heavy atom. The van der Waals surface area contributed by atoms with Crippen molar-refractivity contribution in [3.63, 3.8) is 0 Å². The molecular formula is C16H18N2O4. The van der Waals surface area contributed by atoms with E-state index < -0.39 is 0 Å². The summed E-state index contributed by atoms with van der Waals surface area (Å²) in [6.45, 7) is 2.16. The molecule has 116 valence electrons. The Labute approximate surface area is 128 Å². The van der Waals surface area contributed by atoms with Gasteiger partial charge in [-0.25, -0.2) is 0 Å². The van der Waals surface area contributed by atoms with E-state index in [2.05, 4.69) is 10.2 Å². The number of phenolic OH excluding ortho intramolecular Hbond substituents is 1. The minimum absolute atomic E-state index is 0.0554. The van der Waals surface area contributed by atoms with Crippen LogP contribution in [-0.2, 0) is 6.61 Å². The van der Waals surface area contributed by atoms with Crippen LogP contribution in [0.2, 0.25) is 0 Å². The van der Waals surface area contributed by atoms with Crippen molar-refractivity contribution < 1.29 is 19.7 Å². The molecule has 2 aromatic rings. The predicted molar refractivity (Wildman–Crippen MR) is 82.4 cm³/mol. The lowest BCUT2D eigenvalue weighted by molar-refractivity contribution is 0.281. The number of hydrogen-bond acceptors (Lipinski definition) is 6. The predicted octanol–water partition coefficient (Wildman–Crippen LogP) is 3.71. The topological polar surface area (TPSA) is 83.6 Å². The Morgan fingerprint density at radius 2 is 1.77 bits per heavy atom. The number of aliphatic hydroxyl groups excluding tert-OH is 1. The SMILES string of the molecule is CCOc1ccccc1N=Nc1cc(OC)c(O)cc1CO. The van der Waals surface area contributed by atoms with Gasteiger partial charge in [-0.1, -0.05) is 12.1 Å². The van der Waals surface area contributed by atoms with Crippen LogP contribution in [-0.4, -0.2) is 23.9 Å². The van der Waals surface area contributed by atoms with E-state index >= 15 is 0 Å². The van der Waals surface area contributed by atoms with Gasteiger partial charge in [0, 0.05) is 11.6 Å². The maximum Gasteiger partial charge on any atom is 0.162 e. The molecule has 0 radical (unpaired) electrons. The number of nitrogens with zero attached hydrogens (tertiary/aromatic N) is 2. The molecule has 6 heteroatoms. The first-order chi connectivity index (χ1) is 10.7. The van der Waals surface area contributed by atoms with Crippen molar-refractivity contribution in [2.45, 2.75) is 13.5 Å². The Kier molecular flexibility index (Phi) is 5.32. The lowest BCUT2D eigenvalue weighted by Gasteiger charge is -2.08. The molecule has 0 spiro atoms. The highest BCUT2D eigenvalue weighted by Gasteiger charge is 2.09. The Hall–Kier alpha value is -2.60. The van der Waals surface area contributed by atoms with Crippen molar-refractivity contribution in [3.05, 3.63) is 42.0 Å². The number of benzene rings is 2. The van der Waals surface area contributed by atoms with Crippen LogP contribution < -0.4 is 9.47 Å². The molecule has 2 rings (SSSR count). The fourth-order valence-corrected chi connectivity index (χ4v) is 1.91. The lowest BCUT2D eigenvalue weighted by Crippen LogP contribution is -1.91. The van der Waals surface area contributed by atoms with E-state index in [1.165, 1.54) is 19.2 Å². The van der Waals surface area contributed by atoms with Gasteiger partial charge in [0.25, 0.3) is 0 Å². The highest BCUT2D eigenvalue weighted by molar-refractivity contribution is 5.57. The molecule has 0 unspecified atom stereocenters. The summed E-state index contributed by atoms with van der Waals surface area (Å²) in [5, 5.41) is 27.4. The molecule has 0 heterocycles. The zero-order chi connectivity index (χ0) is 15.9. The number of methoxy groups -OCH3 is 1. The molecule has 0 aromatic heterocycles. The van der Waals surface area contributed by atoms with Gasteiger partial charge in [0.2, 0.25) is 0 Å². The van der Waals surface area contributed by atoms with Crippen molar-refractivity contribution in [2.24, 2.45) is 10.2 Å². The van der Waals surface area contributed by atoms with Gasteiger partial charge in [-0.3, -0.25) is 0 Å². The van der Waals surface area contributed by atoms with Gasteiger partial charge in [-0.2, -0.15) is 0 Å². The second-order valence-corrected chi connectivity index (χ2v) is 4.41. The molecule has 0 atom stereocenters. The minimum atomic E-state index is -0.265. The van der Waals surface area contributed by atoms with Crippen molar-refractivity contribution in [1.82, 2.24) is 0 Å². The summed E-state index contributed by atoms with van der Waals surface area (Å²) in [4.78, 5) is 0. The third-order valence-electron chi connectivity index (χ3n) is 2.98. The van der Waals surface area contributed by atoms with Gasteiger partial charge < -0.3 is 19.7 Å². The summed E-state index contributed by atoms with van der Waals surface area (Å²) in [5.74, 6) is 0.842. The van der Waals surface area contributed by atoms with E-state index in [0.29, 0.717) is 29.3 Å². The van der Waals surface area contributed by atoms with Gasteiger partial charge in [-0.05, 0) is 25.1 Å². The van der Waals surface area contributed by atoms with Crippen molar-refractivity contribution >= 4 is 11.4 Å². The molecule has 0 amide bonds. The first-order valence-corrected chi connectivity index (χ1v) is 6.83. The maximum absolute atomic E-state index is 9.72. The summed E-state index contributed by atoms with van der Waals surface area (Å²) in [6.07, 6.45) is 0. The number of azo groups is 1. The summed E-state index contributed by atoms with van der Waals surface area (Å²) >= 11 is 0. The number of ether oxygens (including phenoxy) is 2. The van der Waals surface area contributed by atoms with Crippen molar-refractivity contribution in [2.75, 3.05) is 13.7 Å². The summed E-state index contributed by atoms with van der Waals surface area (Å²) in [6, 6.07) is 10.2. The average Bonchev–Trinajstić information content (AvgIpc) is 2.54. The number of aliphatic hydroxyl groups is 1. The molecule has 0 aliphatic carbocycles. The first kappa shape index (κ1) is 15.8. The third kappa shape index (κ3) is 3.53. The van der Waals surface area contributed by atoms with E-state index in [0.717, 1.165) is 0 Å². The zero-order valence-corrected chi connectivity index (χ0v) is 12.5. The fraction of sp³-hybridized carbons (Fsp3) is 0.250. The molecule has 0 saturated heterocycles. The van der Waals surface area contributed by atoms with Gasteiger partial charge >= 0.3 is 0 Å². The second-order valence-electron chi connectivity index (χ2n) is 4.41. The number of hydrogen-bond donors (Lipinski definition) is 2. The molecule has 0 saturated carbocycles. The van der Waals surface area contributed by atoms with Crippen LogP contribution in [0.3, 0.4) is 0 Å².